The summed E-state index contributed by atoms with van der Waals surface area (Å²) < 4.78 is 22.7. The Labute approximate surface area is 196 Å². The molecule has 0 aliphatic carbocycles. The molecule has 2 heterocycles. The third-order valence-electron chi connectivity index (χ3n) is 5.24. The Morgan fingerprint density at radius 1 is 1.03 bits per heavy atom. The first-order chi connectivity index (χ1) is 15.3. The number of nitrogens with one attached hydrogen (secondary N) is 1. The van der Waals surface area contributed by atoms with E-state index in [-0.39, 0.29) is 10.9 Å². The van der Waals surface area contributed by atoms with Crippen LogP contribution in [0.15, 0.2) is 65.6 Å². The topological polar surface area (TPSA) is 95.7 Å². The number of primary sulfonamides is 1. The van der Waals surface area contributed by atoms with Crippen molar-refractivity contribution < 1.29 is 13.2 Å². The lowest BCUT2D eigenvalue weighted by molar-refractivity contribution is 0.143. The molecule has 3 aromatic rings. The van der Waals surface area contributed by atoms with Crippen molar-refractivity contribution in [3.63, 3.8) is 0 Å². The Bertz CT molecular complexity index is 1200. The molecule has 0 radical (unpaired) electrons. The first-order valence-corrected chi connectivity index (χ1v) is 12.8. The Balaban J connectivity index is 1.28. The van der Waals surface area contributed by atoms with E-state index >= 15 is 0 Å². The molecule has 168 valence electrons. The van der Waals surface area contributed by atoms with Crippen LogP contribution in [0.25, 0.3) is 10.4 Å². The average molecular weight is 491 g/mol. The number of rotatable bonds is 5. The van der Waals surface area contributed by atoms with E-state index in [1.165, 1.54) is 34.0 Å². The van der Waals surface area contributed by atoms with E-state index in [9.17, 15) is 13.2 Å². The van der Waals surface area contributed by atoms with Crippen LogP contribution in [0.4, 0.5) is 10.5 Å². The van der Waals surface area contributed by atoms with Crippen molar-refractivity contribution in [3.8, 4) is 10.4 Å². The number of nitrogens with zero attached hydrogens (tertiary/aromatic N) is 2. The lowest BCUT2D eigenvalue weighted by Gasteiger charge is -2.34. The number of halogens is 1. The van der Waals surface area contributed by atoms with E-state index < -0.39 is 10.0 Å². The van der Waals surface area contributed by atoms with Crippen molar-refractivity contribution in [1.29, 1.82) is 0 Å². The van der Waals surface area contributed by atoms with E-state index in [0.29, 0.717) is 18.8 Å². The second kappa shape index (κ2) is 9.60. The number of thiophene rings is 1. The Kier molecular flexibility index (Phi) is 6.82. The zero-order valence-corrected chi connectivity index (χ0v) is 19.6. The van der Waals surface area contributed by atoms with E-state index in [0.717, 1.165) is 30.2 Å². The predicted octanol–water partition coefficient (Wildman–Crippen LogP) is 4.07. The van der Waals surface area contributed by atoms with Crippen molar-refractivity contribution in [2.45, 2.75) is 11.4 Å². The molecule has 32 heavy (non-hydrogen) atoms. The number of urea groups is 1. The maximum absolute atomic E-state index is 12.5. The van der Waals surface area contributed by atoms with Gasteiger partial charge in [0.15, 0.2) is 0 Å². The predicted molar refractivity (Wildman–Crippen MR) is 128 cm³/mol. The first-order valence-electron chi connectivity index (χ1n) is 10.0. The maximum atomic E-state index is 12.5. The Hall–Kier alpha value is -2.43. The molecule has 3 N–H and O–H groups in total. The highest BCUT2D eigenvalue weighted by Gasteiger charge is 2.22. The number of carbonyl (C=O) groups excluding carboxylic acids is 1. The number of hydrogen-bond acceptors (Lipinski definition) is 5. The highest BCUT2D eigenvalue weighted by atomic mass is 35.5. The summed E-state index contributed by atoms with van der Waals surface area (Å²) in [5, 5.41) is 8.63. The monoisotopic (exact) mass is 490 g/mol. The third-order valence-corrected chi connectivity index (χ3v) is 7.53. The van der Waals surface area contributed by atoms with Gasteiger partial charge in [0.25, 0.3) is 0 Å². The lowest BCUT2D eigenvalue weighted by atomic mass is 10.2. The molecule has 7 nitrogen and oxygen atoms in total. The average Bonchev–Trinajstić information content (AvgIpc) is 3.22. The highest BCUT2D eigenvalue weighted by Crippen LogP contribution is 2.30. The SMILES string of the molecule is NS(=O)(=O)c1ccc(NC(=O)N2CCN(Cc3ccc(-c4cccc(Cl)c4)s3)CC2)cc1. The van der Waals surface area contributed by atoms with Crippen molar-refractivity contribution >= 4 is 44.7 Å². The molecule has 1 aliphatic heterocycles. The van der Waals surface area contributed by atoms with Gasteiger partial charge in [-0.1, -0.05) is 23.7 Å². The van der Waals surface area contributed by atoms with Gasteiger partial charge in [-0.05, 0) is 54.1 Å². The number of sulfonamides is 1. The second-order valence-electron chi connectivity index (χ2n) is 7.54. The molecule has 0 unspecified atom stereocenters. The summed E-state index contributed by atoms with van der Waals surface area (Å²) in [4.78, 5) is 19.1. The van der Waals surface area contributed by atoms with Gasteiger partial charge in [-0.15, -0.1) is 11.3 Å². The smallest absolute Gasteiger partial charge is 0.321 e. The summed E-state index contributed by atoms with van der Waals surface area (Å²) in [5.41, 5.74) is 1.64. The normalized spacial score (nSPS) is 15.0. The highest BCUT2D eigenvalue weighted by molar-refractivity contribution is 7.89. The molecule has 0 saturated carbocycles. The molecular weight excluding hydrogens is 468 g/mol. The maximum Gasteiger partial charge on any atom is 0.321 e. The zero-order valence-electron chi connectivity index (χ0n) is 17.2. The third kappa shape index (κ3) is 5.67. The summed E-state index contributed by atoms with van der Waals surface area (Å²) in [7, 11) is -3.75. The number of nitrogens with two attached hydrogens (primary N) is 1. The fourth-order valence-corrected chi connectivity index (χ4v) is 5.27. The van der Waals surface area contributed by atoms with Crippen LogP contribution in [0.2, 0.25) is 5.02 Å². The van der Waals surface area contributed by atoms with Crippen LogP contribution in [0.3, 0.4) is 0 Å². The van der Waals surface area contributed by atoms with E-state index in [1.807, 2.05) is 18.2 Å². The molecule has 1 fully saturated rings. The number of anilines is 1. The van der Waals surface area contributed by atoms with Crippen LogP contribution >= 0.6 is 22.9 Å². The van der Waals surface area contributed by atoms with Gasteiger partial charge < -0.3 is 10.2 Å². The van der Waals surface area contributed by atoms with Crippen molar-refractivity contribution in [2.24, 2.45) is 5.14 Å². The fraction of sp³-hybridized carbons (Fsp3) is 0.227. The number of carbonyl (C=O) groups is 1. The summed E-state index contributed by atoms with van der Waals surface area (Å²) in [6.07, 6.45) is 0. The van der Waals surface area contributed by atoms with Crippen molar-refractivity contribution in [3.05, 3.63) is 70.6 Å². The van der Waals surface area contributed by atoms with Gasteiger partial charge in [-0.3, -0.25) is 4.90 Å². The van der Waals surface area contributed by atoms with Crippen molar-refractivity contribution in [2.75, 3.05) is 31.5 Å². The molecular formula is C22H23ClN4O3S2. The molecule has 2 aromatic carbocycles. The molecule has 0 bridgehead atoms. The van der Waals surface area contributed by atoms with Crippen LogP contribution in [0.1, 0.15) is 4.88 Å². The first kappa shape index (κ1) is 22.8. The van der Waals surface area contributed by atoms with E-state index in [1.54, 1.807) is 16.2 Å². The van der Waals surface area contributed by atoms with Gasteiger partial charge in [0.05, 0.1) is 4.90 Å². The van der Waals surface area contributed by atoms with Crippen LogP contribution in [0, 0.1) is 0 Å². The van der Waals surface area contributed by atoms with Crippen LogP contribution in [-0.4, -0.2) is 50.4 Å². The number of hydrogen-bond donors (Lipinski definition) is 2. The molecule has 4 rings (SSSR count). The van der Waals surface area contributed by atoms with Crippen LogP contribution < -0.4 is 10.5 Å². The van der Waals surface area contributed by atoms with Gasteiger partial charge in [0.2, 0.25) is 10.0 Å². The van der Waals surface area contributed by atoms with Crippen LogP contribution in [-0.2, 0) is 16.6 Å². The second-order valence-corrected chi connectivity index (χ2v) is 10.7. The molecule has 0 spiro atoms. The molecule has 0 atom stereocenters. The minimum absolute atomic E-state index is 0.0104. The van der Waals surface area contributed by atoms with Gasteiger partial charge in [0.1, 0.15) is 0 Å². The van der Waals surface area contributed by atoms with Crippen LogP contribution in [0.5, 0.6) is 0 Å². The summed E-state index contributed by atoms with van der Waals surface area (Å²) in [6, 6.07) is 17.7. The molecule has 1 aromatic heterocycles. The number of benzene rings is 2. The fourth-order valence-electron chi connectivity index (χ4n) is 3.52. The van der Waals surface area contributed by atoms with Gasteiger partial charge in [-0.25, -0.2) is 18.4 Å². The quantitative estimate of drug-likeness (QED) is 0.563. The number of piperazine rings is 1. The molecule has 10 heteroatoms. The summed E-state index contributed by atoms with van der Waals surface area (Å²) >= 11 is 7.86. The number of amides is 2. The molecule has 2 amide bonds. The summed E-state index contributed by atoms with van der Waals surface area (Å²) in [5.74, 6) is 0. The molecule has 1 saturated heterocycles. The largest absolute Gasteiger partial charge is 0.322 e. The van der Waals surface area contributed by atoms with Gasteiger partial charge >= 0.3 is 6.03 Å². The summed E-state index contributed by atoms with van der Waals surface area (Å²) in [6.45, 7) is 3.64. The minimum Gasteiger partial charge on any atom is -0.322 e. The van der Waals surface area contributed by atoms with Gasteiger partial charge in [0, 0.05) is 53.2 Å². The van der Waals surface area contributed by atoms with E-state index in [2.05, 4.69) is 28.4 Å². The zero-order chi connectivity index (χ0) is 22.7. The van der Waals surface area contributed by atoms with Gasteiger partial charge in [-0.2, -0.15) is 0 Å². The standard InChI is InChI=1S/C22H23ClN4O3S2/c23-17-3-1-2-16(14-17)21-9-6-19(31-21)15-26-10-12-27(13-11-26)22(28)25-18-4-7-20(8-5-18)32(24,29)30/h1-9,14H,10-13,15H2,(H,25,28)(H2,24,29,30). The Morgan fingerprint density at radius 2 is 1.75 bits per heavy atom. The van der Waals surface area contributed by atoms with E-state index in [4.69, 9.17) is 16.7 Å². The Morgan fingerprint density at radius 3 is 2.41 bits per heavy atom. The lowest BCUT2D eigenvalue weighted by Crippen LogP contribution is -2.49. The molecule has 1 aliphatic rings. The van der Waals surface area contributed by atoms with Crippen molar-refractivity contribution in [1.82, 2.24) is 9.80 Å². The minimum atomic E-state index is -3.75.